The fourth-order valence-electron chi connectivity index (χ4n) is 4.45. The maximum Gasteiger partial charge on any atom is 0.266 e. The van der Waals surface area contributed by atoms with Crippen LogP contribution in [0.4, 0.5) is 5.82 Å². The van der Waals surface area contributed by atoms with E-state index in [2.05, 4.69) is 27.0 Å². The Labute approximate surface area is 236 Å². The molecule has 1 atom stereocenters. The van der Waals surface area contributed by atoms with Crippen LogP contribution in [0, 0.1) is 11.3 Å². The number of hydrogen-bond acceptors (Lipinski definition) is 7. The van der Waals surface area contributed by atoms with Crippen LogP contribution in [-0.4, -0.2) is 41.0 Å². The van der Waals surface area contributed by atoms with Crippen molar-refractivity contribution in [3.8, 4) is 34.2 Å². The van der Waals surface area contributed by atoms with Gasteiger partial charge in [-0.3, -0.25) is 9.59 Å². The number of phenols is 1. The van der Waals surface area contributed by atoms with Gasteiger partial charge in [-0.1, -0.05) is 30.3 Å². The summed E-state index contributed by atoms with van der Waals surface area (Å²) in [5.74, 6) is -0.496. The summed E-state index contributed by atoms with van der Waals surface area (Å²) >= 11 is 1.27. The minimum absolute atomic E-state index is 0. The molecular formula is C29H26ClN5O3S. The van der Waals surface area contributed by atoms with Crippen LogP contribution >= 0.6 is 23.7 Å². The van der Waals surface area contributed by atoms with E-state index < -0.39 is 5.91 Å². The highest BCUT2D eigenvalue weighted by Gasteiger charge is 2.21. The minimum atomic E-state index is -0.390. The zero-order valence-corrected chi connectivity index (χ0v) is 22.4. The molecule has 198 valence electrons. The van der Waals surface area contributed by atoms with Gasteiger partial charge in [0.05, 0.1) is 10.6 Å². The number of anilines is 1. The van der Waals surface area contributed by atoms with Crippen LogP contribution in [0.25, 0.3) is 22.4 Å². The highest BCUT2D eigenvalue weighted by atomic mass is 35.5. The predicted octanol–water partition coefficient (Wildman–Crippen LogP) is 5.21. The standard InChI is InChI=1S/C29H25N5O3S.ClH/c30-16-23-22(18-6-3-7-19(14-18)28(36)32-20-8-4-12-31-17-20)15-24(21-9-1-2-10-25(21)35)33-27(23)34-29(37)26-11-5-13-38-26;/h1-3,5-7,9-11,13-15,20,31,35H,4,8,12,17H2,(H,32,36)(H,33,34,37);1H. The number of hydrogen-bond donors (Lipinski definition) is 4. The average Bonchev–Trinajstić information content (AvgIpc) is 3.49. The number of carbonyl (C=O) groups excluding carboxylic acids is 2. The van der Waals surface area contributed by atoms with Crippen molar-refractivity contribution in [3.05, 3.63) is 88.1 Å². The number of thiophene rings is 1. The van der Waals surface area contributed by atoms with Crippen LogP contribution in [0.2, 0.25) is 0 Å². The number of amides is 2. The van der Waals surface area contributed by atoms with E-state index in [0.29, 0.717) is 32.8 Å². The first-order valence-corrected chi connectivity index (χ1v) is 13.1. The Bertz CT molecular complexity index is 1530. The van der Waals surface area contributed by atoms with Crippen molar-refractivity contribution in [2.45, 2.75) is 18.9 Å². The van der Waals surface area contributed by atoms with Crippen LogP contribution in [-0.2, 0) is 0 Å². The van der Waals surface area contributed by atoms with E-state index in [9.17, 15) is 20.0 Å². The quantitative estimate of drug-likeness (QED) is 0.257. The molecule has 8 nitrogen and oxygen atoms in total. The first kappa shape index (κ1) is 27.8. The fraction of sp³-hybridized carbons (Fsp3) is 0.172. The van der Waals surface area contributed by atoms with Crippen molar-refractivity contribution >= 4 is 41.4 Å². The number of nitriles is 1. The normalized spacial score (nSPS) is 14.5. The molecule has 4 N–H and O–H groups in total. The second-order valence-electron chi connectivity index (χ2n) is 8.94. The van der Waals surface area contributed by atoms with Crippen LogP contribution in [0.5, 0.6) is 5.75 Å². The number of halogens is 1. The summed E-state index contributed by atoms with van der Waals surface area (Å²) < 4.78 is 0. The number of aromatic nitrogens is 1. The summed E-state index contributed by atoms with van der Waals surface area (Å²) in [6, 6.07) is 21.1. The highest BCUT2D eigenvalue weighted by molar-refractivity contribution is 7.12. The molecule has 0 saturated carbocycles. The van der Waals surface area contributed by atoms with Gasteiger partial charge in [-0.25, -0.2) is 4.98 Å². The minimum Gasteiger partial charge on any atom is -0.507 e. The van der Waals surface area contributed by atoms with Crippen LogP contribution in [0.1, 0.15) is 38.4 Å². The molecular weight excluding hydrogens is 534 g/mol. The molecule has 0 radical (unpaired) electrons. The van der Waals surface area contributed by atoms with Gasteiger partial charge in [0.15, 0.2) is 5.82 Å². The maximum absolute atomic E-state index is 13.0. The van der Waals surface area contributed by atoms with Gasteiger partial charge in [0.2, 0.25) is 0 Å². The molecule has 5 rings (SSSR count). The van der Waals surface area contributed by atoms with Crippen molar-refractivity contribution in [1.82, 2.24) is 15.6 Å². The molecule has 2 aromatic carbocycles. The Balaban J connectivity index is 0.00000353. The SMILES string of the molecule is Cl.N#Cc1c(-c2cccc(C(=O)NC3CCCNC3)c2)cc(-c2ccccc2O)nc1NC(=O)c1cccs1. The van der Waals surface area contributed by atoms with E-state index in [1.807, 2.05) is 0 Å². The summed E-state index contributed by atoms with van der Waals surface area (Å²) in [6.45, 7) is 1.68. The maximum atomic E-state index is 13.0. The summed E-state index contributed by atoms with van der Waals surface area (Å²) in [6.07, 6.45) is 1.92. The van der Waals surface area contributed by atoms with Gasteiger partial charge in [0.25, 0.3) is 11.8 Å². The van der Waals surface area contributed by atoms with E-state index in [-0.39, 0.29) is 41.5 Å². The molecule has 3 heterocycles. The lowest BCUT2D eigenvalue weighted by Crippen LogP contribution is -2.45. The Kier molecular flexibility index (Phi) is 8.94. The van der Waals surface area contributed by atoms with Gasteiger partial charge in [0, 0.05) is 29.3 Å². The van der Waals surface area contributed by atoms with Crippen LogP contribution in [0.15, 0.2) is 72.1 Å². The number of benzene rings is 2. The van der Waals surface area contributed by atoms with E-state index in [1.54, 1.807) is 72.1 Å². The topological polar surface area (TPSA) is 127 Å². The van der Waals surface area contributed by atoms with E-state index in [0.717, 1.165) is 25.9 Å². The molecule has 39 heavy (non-hydrogen) atoms. The Morgan fingerprint density at radius 1 is 1.05 bits per heavy atom. The first-order valence-electron chi connectivity index (χ1n) is 12.2. The molecule has 10 heteroatoms. The van der Waals surface area contributed by atoms with Crippen molar-refractivity contribution in [1.29, 1.82) is 5.26 Å². The largest absolute Gasteiger partial charge is 0.507 e. The second-order valence-corrected chi connectivity index (χ2v) is 9.88. The number of pyridine rings is 1. The van der Waals surface area contributed by atoms with Gasteiger partial charge < -0.3 is 21.1 Å². The van der Waals surface area contributed by atoms with Crippen molar-refractivity contribution in [3.63, 3.8) is 0 Å². The Morgan fingerprint density at radius 2 is 1.90 bits per heavy atom. The summed E-state index contributed by atoms with van der Waals surface area (Å²) in [4.78, 5) is 30.9. The molecule has 1 saturated heterocycles. The van der Waals surface area contributed by atoms with E-state index >= 15 is 0 Å². The summed E-state index contributed by atoms with van der Waals surface area (Å²) in [5.41, 5.74) is 2.54. The highest BCUT2D eigenvalue weighted by Crippen LogP contribution is 2.36. The van der Waals surface area contributed by atoms with E-state index in [1.165, 1.54) is 11.3 Å². The Morgan fingerprint density at radius 3 is 2.62 bits per heavy atom. The lowest BCUT2D eigenvalue weighted by molar-refractivity contribution is 0.0930. The number of nitrogens with one attached hydrogen (secondary N) is 3. The second kappa shape index (κ2) is 12.5. The number of aromatic hydroxyl groups is 1. The van der Waals surface area contributed by atoms with Gasteiger partial charge >= 0.3 is 0 Å². The zero-order chi connectivity index (χ0) is 26.5. The molecule has 1 aliphatic rings. The van der Waals surface area contributed by atoms with Gasteiger partial charge in [-0.05, 0) is 66.7 Å². The third-order valence-corrected chi connectivity index (χ3v) is 7.22. The monoisotopic (exact) mass is 559 g/mol. The molecule has 0 spiro atoms. The molecule has 1 fully saturated rings. The number of rotatable bonds is 6. The molecule has 4 aromatic rings. The number of nitrogens with zero attached hydrogens (tertiary/aromatic N) is 2. The molecule has 2 amide bonds. The molecule has 1 unspecified atom stereocenters. The smallest absolute Gasteiger partial charge is 0.266 e. The van der Waals surface area contributed by atoms with E-state index in [4.69, 9.17) is 0 Å². The number of piperidine rings is 1. The molecule has 1 aliphatic heterocycles. The summed E-state index contributed by atoms with van der Waals surface area (Å²) in [7, 11) is 0. The van der Waals surface area contributed by atoms with Crippen molar-refractivity contribution in [2.75, 3.05) is 18.4 Å². The molecule has 0 bridgehead atoms. The number of carbonyl (C=O) groups is 2. The van der Waals surface area contributed by atoms with Gasteiger partial charge in [-0.15, -0.1) is 23.7 Å². The molecule has 2 aromatic heterocycles. The lowest BCUT2D eigenvalue weighted by Gasteiger charge is -2.23. The van der Waals surface area contributed by atoms with Gasteiger partial charge in [-0.2, -0.15) is 5.26 Å². The van der Waals surface area contributed by atoms with Gasteiger partial charge in [0.1, 0.15) is 17.4 Å². The molecule has 0 aliphatic carbocycles. The average molecular weight is 560 g/mol. The van der Waals surface area contributed by atoms with Crippen molar-refractivity contribution in [2.24, 2.45) is 0 Å². The van der Waals surface area contributed by atoms with Crippen molar-refractivity contribution < 1.29 is 14.7 Å². The predicted molar refractivity (Wildman–Crippen MR) is 154 cm³/mol. The number of para-hydroxylation sites is 1. The lowest BCUT2D eigenvalue weighted by atomic mass is 9.96. The third kappa shape index (κ3) is 6.26. The fourth-order valence-corrected chi connectivity index (χ4v) is 5.07. The summed E-state index contributed by atoms with van der Waals surface area (Å²) in [5, 5.41) is 31.6. The van der Waals surface area contributed by atoms with Crippen LogP contribution in [0.3, 0.4) is 0 Å². The number of phenolic OH excluding ortho intramolecular Hbond substituents is 1. The third-order valence-electron chi connectivity index (χ3n) is 6.36. The van der Waals surface area contributed by atoms with Crippen LogP contribution < -0.4 is 16.0 Å². The zero-order valence-electron chi connectivity index (χ0n) is 20.8. The first-order chi connectivity index (χ1) is 18.5. The Hall–Kier alpha value is -4.23.